The molecule has 2 aromatic rings. The molecule has 0 aliphatic carbocycles. The SMILES string of the molecule is CN1C[C@@H](C#CC#Cc2ccc3nc(CC[C@@](C)(CS(=O)O)C(=O)NO)sc3c2)[C@@H]1CO. The van der Waals surface area contributed by atoms with E-state index in [0.717, 1.165) is 27.3 Å². The fourth-order valence-electron chi connectivity index (χ4n) is 3.58. The highest BCUT2D eigenvalue weighted by atomic mass is 32.2. The molecule has 170 valence electrons. The average Bonchev–Trinajstić information content (AvgIpc) is 3.15. The Hall–Kier alpha value is -2.31. The van der Waals surface area contributed by atoms with Crippen molar-refractivity contribution >= 4 is 38.5 Å². The van der Waals surface area contributed by atoms with E-state index in [1.807, 2.05) is 25.2 Å². The molecule has 0 spiro atoms. The normalized spacial score (nSPS) is 20.8. The number of aliphatic hydroxyl groups is 1. The number of rotatable bonds is 7. The van der Waals surface area contributed by atoms with Crippen LogP contribution in [0.4, 0.5) is 0 Å². The smallest absolute Gasteiger partial charge is 0.250 e. The van der Waals surface area contributed by atoms with Crippen molar-refractivity contribution in [1.82, 2.24) is 15.4 Å². The van der Waals surface area contributed by atoms with Crippen molar-refractivity contribution in [3.63, 3.8) is 0 Å². The number of aliphatic hydroxyl groups excluding tert-OH is 1. The molecule has 1 aliphatic rings. The second-order valence-corrected chi connectivity index (χ2v) is 10.1. The molecule has 3 rings (SSSR count). The summed E-state index contributed by atoms with van der Waals surface area (Å²) in [5, 5.41) is 19.1. The molecule has 1 aromatic heterocycles. The molecule has 0 saturated carbocycles. The number of hydroxylamine groups is 1. The molecule has 10 heteroatoms. The zero-order valence-electron chi connectivity index (χ0n) is 17.8. The van der Waals surface area contributed by atoms with E-state index in [-0.39, 0.29) is 30.7 Å². The van der Waals surface area contributed by atoms with E-state index in [1.54, 1.807) is 12.4 Å². The molecule has 4 atom stereocenters. The van der Waals surface area contributed by atoms with Gasteiger partial charge in [0.25, 0.3) is 0 Å². The Morgan fingerprint density at radius 3 is 2.88 bits per heavy atom. The summed E-state index contributed by atoms with van der Waals surface area (Å²) in [4.78, 5) is 18.6. The third-order valence-corrected chi connectivity index (χ3v) is 7.61. The Morgan fingerprint density at radius 1 is 1.44 bits per heavy atom. The van der Waals surface area contributed by atoms with Gasteiger partial charge in [0.2, 0.25) is 5.91 Å². The lowest BCUT2D eigenvalue weighted by molar-refractivity contribution is -0.138. The second-order valence-electron chi connectivity index (χ2n) is 8.07. The van der Waals surface area contributed by atoms with Crippen LogP contribution in [0.3, 0.4) is 0 Å². The third kappa shape index (κ3) is 5.73. The van der Waals surface area contributed by atoms with E-state index in [4.69, 9.17) is 5.21 Å². The van der Waals surface area contributed by atoms with Crippen LogP contribution in [0.15, 0.2) is 18.2 Å². The van der Waals surface area contributed by atoms with Gasteiger partial charge >= 0.3 is 0 Å². The van der Waals surface area contributed by atoms with Gasteiger partial charge in [0.1, 0.15) is 0 Å². The lowest BCUT2D eigenvalue weighted by atomic mass is 9.87. The van der Waals surface area contributed by atoms with Crippen molar-refractivity contribution in [2.75, 3.05) is 26.0 Å². The number of likely N-dealkylation sites (tertiary alicyclic amines) is 1. The van der Waals surface area contributed by atoms with Gasteiger partial charge in [-0.1, -0.05) is 11.8 Å². The number of nitrogens with one attached hydrogen (secondary N) is 1. The van der Waals surface area contributed by atoms with Crippen molar-refractivity contribution in [1.29, 1.82) is 0 Å². The first kappa shape index (κ1) is 24.3. The minimum atomic E-state index is -2.17. The van der Waals surface area contributed by atoms with Gasteiger partial charge in [0, 0.05) is 24.6 Å². The maximum atomic E-state index is 12.0. The number of nitrogens with zero attached hydrogens (tertiary/aromatic N) is 2. The van der Waals surface area contributed by atoms with E-state index < -0.39 is 22.4 Å². The van der Waals surface area contributed by atoms with Crippen LogP contribution in [0.2, 0.25) is 0 Å². The highest BCUT2D eigenvalue weighted by Crippen LogP contribution is 2.29. The van der Waals surface area contributed by atoms with Gasteiger partial charge in [-0.2, -0.15) is 0 Å². The van der Waals surface area contributed by atoms with E-state index in [9.17, 15) is 18.7 Å². The molecule has 1 aromatic carbocycles. The van der Waals surface area contributed by atoms with Gasteiger partial charge in [-0.25, -0.2) is 14.7 Å². The Kier molecular flexibility index (Phi) is 8.01. The number of benzene rings is 1. The zero-order valence-corrected chi connectivity index (χ0v) is 19.4. The Balaban J connectivity index is 1.68. The van der Waals surface area contributed by atoms with E-state index in [0.29, 0.717) is 6.42 Å². The molecule has 2 heterocycles. The number of aromatic nitrogens is 1. The van der Waals surface area contributed by atoms with Gasteiger partial charge in [-0.15, -0.1) is 11.3 Å². The van der Waals surface area contributed by atoms with Crippen LogP contribution in [0, 0.1) is 35.0 Å². The number of amides is 1. The van der Waals surface area contributed by atoms with Crippen LogP contribution in [-0.4, -0.2) is 66.9 Å². The standard InChI is InChI=1S/C22H25N3O5S2/c1-22(14-32(29)30,21(27)24-28)10-9-20-23-17-8-7-15(11-19(17)31-20)5-3-4-6-16-12-25(2)18(16)13-26/h7-8,11,16,18,26,28H,9-10,12-14H2,1-2H3,(H,24,27)(H,29,30)/t16-,18+,22+/m1/s1. The molecule has 1 fully saturated rings. The summed E-state index contributed by atoms with van der Waals surface area (Å²) in [5.74, 6) is 11.0. The van der Waals surface area contributed by atoms with Crippen molar-refractivity contribution in [3.8, 4) is 23.7 Å². The fraction of sp³-hybridized carbons (Fsp3) is 0.455. The number of thiazole rings is 1. The molecule has 1 aliphatic heterocycles. The van der Waals surface area contributed by atoms with Gasteiger partial charge < -0.3 is 9.66 Å². The van der Waals surface area contributed by atoms with Crippen LogP contribution >= 0.6 is 11.3 Å². The molecule has 32 heavy (non-hydrogen) atoms. The maximum Gasteiger partial charge on any atom is 0.250 e. The number of hydrogen-bond donors (Lipinski definition) is 4. The molecule has 1 unspecified atom stereocenters. The molecule has 8 nitrogen and oxygen atoms in total. The van der Waals surface area contributed by atoms with Crippen molar-refractivity contribution in [2.24, 2.45) is 11.3 Å². The lowest BCUT2D eigenvalue weighted by Gasteiger charge is -2.42. The topological polar surface area (TPSA) is 123 Å². The number of fused-ring (bicyclic) bond motifs is 1. The number of hydrogen-bond acceptors (Lipinski definition) is 7. The largest absolute Gasteiger partial charge is 0.395 e. The quantitative estimate of drug-likeness (QED) is 0.206. The third-order valence-electron chi connectivity index (χ3n) is 5.64. The average molecular weight is 476 g/mol. The van der Waals surface area contributed by atoms with Gasteiger partial charge in [-0.3, -0.25) is 14.9 Å². The zero-order chi connectivity index (χ0) is 23.3. The van der Waals surface area contributed by atoms with Crippen LogP contribution < -0.4 is 5.48 Å². The summed E-state index contributed by atoms with van der Waals surface area (Å²) >= 11 is -0.702. The molecule has 4 N–H and O–H groups in total. The highest BCUT2D eigenvalue weighted by Gasteiger charge is 2.35. The minimum Gasteiger partial charge on any atom is -0.395 e. The van der Waals surface area contributed by atoms with E-state index >= 15 is 0 Å². The van der Waals surface area contributed by atoms with Gasteiger partial charge in [0.15, 0.2) is 11.1 Å². The first-order valence-electron chi connectivity index (χ1n) is 10.00. The Labute approximate surface area is 193 Å². The predicted octanol–water partition coefficient (Wildman–Crippen LogP) is 1.24. The summed E-state index contributed by atoms with van der Waals surface area (Å²) in [7, 11) is 1.96. The monoisotopic (exact) mass is 475 g/mol. The van der Waals surface area contributed by atoms with E-state index in [2.05, 4.69) is 33.6 Å². The molecule has 0 radical (unpaired) electrons. The highest BCUT2D eigenvalue weighted by molar-refractivity contribution is 7.79. The number of carbonyl (C=O) groups is 1. The van der Waals surface area contributed by atoms with Crippen molar-refractivity contribution in [3.05, 3.63) is 28.8 Å². The maximum absolute atomic E-state index is 12.0. The van der Waals surface area contributed by atoms with Gasteiger partial charge in [-0.05, 0) is 50.4 Å². The fourth-order valence-corrected chi connectivity index (χ4v) is 5.40. The lowest BCUT2D eigenvalue weighted by Crippen LogP contribution is -2.55. The van der Waals surface area contributed by atoms with E-state index in [1.165, 1.54) is 11.3 Å². The number of carbonyl (C=O) groups excluding carboxylic acids is 1. The molecule has 1 amide bonds. The summed E-state index contributed by atoms with van der Waals surface area (Å²) in [6.07, 6.45) is 0.688. The second kappa shape index (κ2) is 10.5. The van der Waals surface area contributed by atoms with Crippen LogP contribution in [0.25, 0.3) is 10.2 Å². The molecule has 1 saturated heterocycles. The van der Waals surface area contributed by atoms with Crippen LogP contribution in [-0.2, 0) is 22.3 Å². The summed E-state index contributed by atoms with van der Waals surface area (Å²) in [6, 6.07) is 5.75. The summed E-state index contributed by atoms with van der Waals surface area (Å²) in [6.45, 7) is 2.47. The summed E-state index contributed by atoms with van der Waals surface area (Å²) in [5.41, 5.74) is 2.02. The Bertz CT molecular complexity index is 1140. The van der Waals surface area contributed by atoms with Crippen molar-refractivity contribution < 1.29 is 23.9 Å². The predicted molar refractivity (Wildman–Crippen MR) is 123 cm³/mol. The minimum absolute atomic E-state index is 0.0824. The first-order valence-corrected chi connectivity index (χ1v) is 12.1. The number of aryl methyl sites for hydroxylation is 1. The molecular formula is C22H25N3O5S2. The summed E-state index contributed by atoms with van der Waals surface area (Å²) < 4.78 is 21.4. The van der Waals surface area contributed by atoms with Crippen LogP contribution in [0.5, 0.6) is 0 Å². The first-order chi connectivity index (χ1) is 15.3. The molecule has 0 bridgehead atoms. The molecular weight excluding hydrogens is 450 g/mol. The Morgan fingerprint density at radius 2 is 2.22 bits per heavy atom. The van der Waals surface area contributed by atoms with Crippen LogP contribution in [0.1, 0.15) is 23.9 Å². The number of likely N-dealkylation sites (N-methyl/N-ethyl adjacent to an activating group) is 1. The van der Waals surface area contributed by atoms with Crippen molar-refractivity contribution in [2.45, 2.75) is 25.8 Å². The van der Waals surface area contributed by atoms with Gasteiger partial charge in [0.05, 0.1) is 38.9 Å².